The van der Waals surface area contributed by atoms with Crippen LogP contribution in [0.15, 0.2) is 0 Å². The number of nitrogens with zero attached hydrogens (tertiary/aromatic N) is 1. The van der Waals surface area contributed by atoms with E-state index in [1.54, 1.807) is 0 Å². The van der Waals surface area contributed by atoms with E-state index < -0.39 is 0 Å². The van der Waals surface area contributed by atoms with E-state index in [0.717, 1.165) is 25.6 Å². The summed E-state index contributed by atoms with van der Waals surface area (Å²) in [6, 6.07) is 0.684. The van der Waals surface area contributed by atoms with Crippen LogP contribution in [-0.4, -0.2) is 50.3 Å². The van der Waals surface area contributed by atoms with E-state index in [2.05, 4.69) is 24.2 Å². The second kappa shape index (κ2) is 7.46. The van der Waals surface area contributed by atoms with Crippen molar-refractivity contribution in [3.05, 3.63) is 0 Å². The molecule has 18 heavy (non-hydrogen) atoms. The number of nitrogens with one attached hydrogen (secondary N) is 1. The quantitative estimate of drug-likeness (QED) is 0.754. The molecule has 1 aliphatic carbocycles. The zero-order valence-electron chi connectivity index (χ0n) is 12.2. The number of hydrogen-bond acceptors (Lipinski definition) is 3. The average molecular weight is 254 g/mol. The minimum Gasteiger partial charge on any atom is -0.377 e. The summed E-state index contributed by atoms with van der Waals surface area (Å²) in [5.41, 5.74) is 0. The molecule has 0 amide bonds. The molecule has 0 aromatic heterocycles. The van der Waals surface area contributed by atoms with E-state index in [1.165, 1.54) is 45.1 Å². The van der Waals surface area contributed by atoms with Crippen LogP contribution in [0.5, 0.6) is 0 Å². The first kappa shape index (κ1) is 14.3. The van der Waals surface area contributed by atoms with E-state index in [-0.39, 0.29) is 0 Å². The SMILES string of the molecule is CCNC(CN(C)CC1CCCO1)C1CCCC1. The molecule has 1 heterocycles. The van der Waals surface area contributed by atoms with Crippen molar-refractivity contribution in [3.8, 4) is 0 Å². The van der Waals surface area contributed by atoms with Gasteiger partial charge in [-0.2, -0.15) is 0 Å². The molecular formula is C15H30N2O. The van der Waals surface area contributed by atoms with Crippen LogP contribution in [0.4, 0.5) is 0 Å². The van der Waals surface area contributed by atoms with Gasteiger partial charge in [-0.3, -0.25) is 0 Å². The minimum absolute atomic E-state index is 0.487. The van der Waals surface area contributed by atoms with Crippen molar-refractivity contribution < 1.29 is 4.74 Å². The van der Waals surface area contributed by atoms with Crippen LogP contribution in [0.2, 0.25) is 0 Å². The summed E-state index contributed by atoms with van der Waals surface area (Å²) >= 11 is 0. The van der Waals surface area contributed by atoms with E-state index >= 15 is 0 Å². The van der Waals surface area contributed by atoms with Crippen molar-refractivity contribution >= 4 is 0 Å². The Labute approximate surface area is 112 Å². The lowest BCUT2D eigenvalue weighted by Gasteiger charge is -2.30. The summed E-state index contributed by atoms with van der Waals surface area (Å²) in [6.45, 7) is 6.57. The van der Waals surface area contributed by atoms with Crippen molar-refractivity contribution in [1.29, 1.82) is 0 Å². The fourth-order valence-corrected chi connectivity index (χ4v) is 3.55. The second-order valence-electron chi connectivity index (χ2n) is 6.06. The average Bonchev–Trinajstić information content (AvgIpc) is 3.00. The fraction of sp³-hybridized carbons (Fsp3) is 1.00. The van der Waals surface area contributed by atoms with Gasteiger partial charge in [0.25, 0.3) is 0 Å². The Morgan fingerprint density at radius 1 is 1.22 bits per heavy atom. The Kier molecular flexibility index (Phi) is 5.93. The third-order valence-corrected chi connectivity index (χ3v) is 4.48. The molecule has 0 aromatic carbocycles. The number of ether oxygens (including phenoxy) is 1. The van der Waals surface area contributed by atoms with Crippen LogP contribution in [0, 0.1) is 5.92 Å². The largest absolute Gasteiger partial charge is 0.377 e. The summed E-state index contributed by atoms with van der Waals surface area (Å²) in [6.07, 6.45) is 8.69. The Morgan fingerprint density at radius 3 is 2.61 bits per heavy atom. The maximum absolute atomic E-state index is 5.73. The van der Waals surface area contributed by atoms with Gasteiger partial charge in [-0.25, -0.2) is 0 Å². The summed E-state index contributed by atoms with van der Waals surface area (Å²) < 4.78 is 5.73. The van der Waals surface area contributed by atoms with Crippen molar-refractivity contribution in [2.75, 3.05) is 33.3 Å². The van der Waals surface area contributed by atoms with E-state index in [4.69, 9.17) is 4.74 Å². The minimum atomic E-state index is 0.487. The number of hydrogen-bond donors (Lipinski definition) is 1. The molecule has 2 fully saturated rings. The summed E-state index contributed by atoms with van der Waals surface area (Å²) in [5, 5.41) is 3.70. The van der Waals surface area contributed by atoms with Crippen LogP contribution >= 0.6 is 0 Å². The van der Waals surface area contributed by atoms with Gasteiger partial charge in [-0.1, -0.05) is 19.8 Å². The zero-order valence-corrected chi connectivity index (χ0v) is 12.2. The number of rotatable bonds is 7. The lowest BCUT2D eigenvalue weighted by Crippen LogP contribution is -2.45. The van der Waals surface area contributed by atoms with Crippen molar-refractivity contribution in [1.82, 2.24) is 10.2 Å². The lowest BCUT2D eigenvalue weighted by molar-refractivity contribution is 0.0759. The van der Waals surface area contributed by atoms with Crippen molar-refractivity contribution in [2.45, 2.75) is 57.6 Å². The third kappa shape index (κ3) is 4.22. The summed E-state index contributed by atoms with van der Waals surface area (Å²) in [5.74, 6) is 0.900. The van der Waals surface area contributed by atoms with Gasteiger partial charge >= 0.3 is 0 Å². The Bertz CT molecular complexity index is 223. The lowest BCUT2D eigenvalue weighted by atomic mass is 9.97. The van der Waals surface area contributed by atoms with Crippen LogP contribution < -0.4 is 5.32 Å². The topological polar surface area (TPSA) is 24.5 Å². The predicted octanol–water partition coefficient (Wildman–Crippen LogP) is 2.27. The molecule has 1 saturated carbocycles. The molecule has 0 aromatic rings. The molecule has 1 saturated heterocycles. The van der Waals surface area contributed by atoms with Crippen LogP contribution in [0.1, 0.15) is 45.4 Å². The standard InChI is InChI=1S/C15H30N2O/c1-3-16-15(13-7-4-5-8-13)12-17(2)11-14-9-6-10-18-14/h13-16H,3-12H2,1-2H3. The molecule has 0 spiro atoms. The Hall–Kier alpha value is -0.120. The first-order chi connectivity index (χ1) is 8.79. The van der Waals surface area contributed by atoms with Gasteiger partial charge in [-0.15, -0.1) is 0 Å². The number of likely N-dealkylation sites (N-methyl/N-ethyl adjacent to an activating group) is 2. The first-order valence-corrected chi connectivity index (χ1v) is 7.83. The highest BCUT2D eigenvalue weighted by atomic mass is 16.5. The second-order valence-corrected chi connectivity index (χ2v) is 6.06. The highest BCUT2D eigenvalue weighted by molar-refractivity contribution is 4.83. The molecule has 106 valence electrons. The van der Waals surface area contributed by atoms with E-state index in [1.807, 2.05) is 0 Å². The van der Waals surface area contributed by atoms with E-state index in [9.17, 15) is 0 Å². The Balaban J connectivity index is 1.75. The summed E-state index contributed by atoms with van der Waals surface area (Å²) in [4.78, 5) is 2.47. The predicted molar refractivity (Wildman–Crippen MR) is 75.9 cm³/mol. The molecule has 2 rings (SSSR count). The first-order valence-electron chi connectivity index (χ1n) is 7.83. The van der Waals surface area contributed by atoms with Crippen molar-refractivity contribution in [3.63, 3.8) is 0 Å². The molecule has 1 aliphatic heterocycles. The smallest absolute Gasteiger partial charge is 0.0702 e. The zero-order chi connectivity index (χ0) is 12.8. The maximum atomic E-state index is 5.73. The molecule has 3 heteroatoms. The van der Waals surface area contributed by atoms with Crippen LogP contribution in [-0.2, 0) is 4.74 Å². The monoisotopic (exact) mass is 254 g/mol. The van der Waals surface area contributed by atoms with Gasteiger partial charge in [0.1, 0.15) is 0 Å². The van der Waals surface area contributed by atoms with E-state index in [0.29, 0.717) is 12.1 Å². The molecule has 0 bridgehead atoms. The van der Waals surface area contributed by atoms with Gasteiger partial charge < -0.3 is 15.0 Å². The molecule has 0 radical (unpaired) electrons. The molecular weight excluding hydrogens is 224 g/mol. The van der Waals surface area contributed by atoms with Gasteiger partial charge in [0.15, 0.2) is 0 Å². The molecule has 1 N–H and O–H groups in total. The van der Waals surface area contributed by atoms with Gasteiger partial charge in [0.2, 0.25) is 0 Å². The highest BCUT2D eigenvalue weighted by Crippen LogP contribution is 2.28. The molecule has 3 nitrogen and oxygen atoms in total. The van der Waals surface area contributed by atoms with Crippen LogP contribution in [0.25, 0.3) is 0 Å². The molecule has 2 atom stereocenters. The fourth-order valence-electron chi connectivity index (χ4n) is 3.55. The normalized spacial score (nSPS) is 27.2. The van der Waals surface area contributed by atoms with Gasteiger partial charge in [0.05, 0.1) is 6.10 Å². The molecule has 2 unspecified atom stereocenters. The Morgan fingerprint density at radius 2 is 2.00 bits per heavy atom. The summed E-state index contributed by atoms with van der Waals surface area (Å²) in [7, 11) is 2.25. The molecule has 2 aliphatic rings. The van der Waals surface area contributed by atoms with Gasteiger partial charge in [0, 0.05) is 25.7 Å². The van der Waals surface area contributed by atoms with Crippen molar-refractivity contribution in [2.24, 2.45) is 5.92 Å². The van der Waals surface area contributed by atoms with Gasteiger partial charge in [-0.05, 0) is 45.2 Å². The maximum Gasteiger partial charge on any atom is 0.0702 e. The third-order valence-electron chi connectivity index (χ3n) is 4.48. The highest BCUT2D eigenvalue weighted by Gasteiger charge is 2.26. The van der Waals surface area contributed by atoms with Crippen LogP contribution in [0.3, 0.4) is 0 Å².